The molecule has 17 nitrogen and oxygen atoms in total. The molecule has 0 bridgehead atoms. The van der Waals surface area contributed by atoms with Gasteiger partial charge in [-0.15, -0.1) is 0 Å². The molecule has 1 saturated heterocycles. The average Bonchev–Trinajstić information content (AvgIpc) is 3.10. The molecule has 1 rings (SSSR count). The predicted molar refractivity (Wildman–Crippen MR) is 215 cm³/mol. The number of rotatable bonds is 20. The van der Waals surface area contributed by atoms with Crippen molar-refractivity contribution in [3.8, 4) is 0 Å². The van der Waals surface area contributed by atoms with E-state index in [0.29, 0.717) is 6.42 Å². The van der Waals surface area contributed by atoms with Gasteiger partial charge in [0, 0.05) is 0 Å². The number of carbonyl (C=O) groups is 7. The maximum atomic E-state index is 13.5. The summed E-state index contributed by atoms with van der Waals surface area (Å²) < 4.78 is 4.67. The van der Waals surface area contributed by atoms with E-state index in [0.717, 1.165) is 58.5 Å². The first-order valence-corrected chi connectivity index (χ1v) is 20.4. The molecule has 0 unspecified atom stereocenters. The van der Waals surface area contributed by atoms with Gasteiger partial charge in [0.15, 0.2) is 0 Å². The highest BCUT2D eigenvalue weighted by molar-refractivity contribution is 5.96. The van der Waals surface area contributed by atoms with Crippen LogP contribution in [0.1, 0.15) is 101 Å². The summed E-state index contributed by atoms with van der Waals surface area (Å²) in [5.41, 5.74) is 0. The van der Waals surface area contributed by atoms with Gasteiger partial charge in [0.1, 0.15) is 36.3 Å². The van der Waals surface area contributed by atoms with E-state index in [-0.39, 0.29) is 43.0 Å². The zero-order chi connectivity index (χ0) is 42.4. The van der Waals surface area contributed by atoms with Gasteiger partial charge in [-0.3, -0.25) is 33.7 Å². The number of methoxy groups -OCH3 is 1. The minimum atomic E-state index is -1.08. The number of carbonyl (C=O) groups excluding carboxylic acids is 7. The van der Waals surface area contributed by atoms with Gasteiger partial charge in [0.2, 0.25) is 35.4 Å². The quantitative estimate of drug-likeness (QED) is 0.0762. The molecule has 56 heavy (non-hydrogen) atoms. The highest BCUT2D eigenvalue weighted by atomic mass is 16.5. The molecule has 1 fully saturated rings. The van der Waals surface area contributed by atoms with Crippen molar-refractivity contribution in [3.63, 3.8) is 0 Å². The number of nitrogens with zero attached hydrogens (tertiary/aromatic N) is 1. The van der Waals surface area contributed by atoms with Crippen LogP contribution in [-0.4, -0.2) is 135 Å². The van der Waals surface area contributed by atoms with Crippen molar-refractivity contribution in [2.75, 3.05) is 52.9 Å². The second-order valence-electron chi connectivity index (χ2n) is 16.2. The van der Waals surface area contributed by atoms with E-state index in [1.54, 1.807) is 0 Å². The smallest absolute Gasteiger partial charge is 0.328 e. The van der Waals surface area contributed by atoms with Crippen LogP contribution in [0.4, 0.5) is 0 Å². The monoisotopic (exact) mass is 796 g/mol. The zero-order valence-electron chi connectivity index (χ0n) is 35.6. The number of esters is 1. The Morgan fingerprint density at radius 1 is 0.500 bits per heavy atom. The Balaban J connectivity index is 2.91. The van der Waals surface area contributed by atoms with Crippen LogP contribution in [0, 0.1) is 17.8 Å². The second-order valence-corrected chi connectivity index (χ2v) is 16.2. The third-order valence-electron chi connectivity index (χ3n) is 9.19. The molecule has 8 N–H and O–H groups in total. The van der Waals surface area contributed by atoms with E-state index in [9.17, 15) is 33.6 Å². The predicted octanol–water partition coefficient (Wildman–Crippen LogP) is -0.0687. The molecule has 6 atom stereocenters. The summed E-state index contributed by atoms with van der Waals surface area (Å²) in [6.07, 6.45) is 3.76. The Morgan fingerprint density at radius 2 is 0.857 bits per heavy atom. The van der Waals surface area contributed by atoms with Gasteiger partial charge in [-0.1, -0.05) is 41.5 Å². The molecule has 0 aromatic heterocycles. The molecular weight excluding hydrogens is 722 g/mol. The van der Waals surface area contributed by atoms with E-state index in [1.165, 1.54) is 27.9 Å². The highest BCUT2D eigenvalue weighted by Gasteiger charge is 2.31. The van der Waals surface area contributed by atoms with Crippen LogP contribution in [0.25, 0.3) is 0 Å². The summed E-state index contributed by atoms with van der Waals surface area (Å²) in [6, 6.07) is -5.94. The number of nitrogens with one attached hydrogen (secondary N) is 8. The Hall–Kier alpha value is -3.83. The van der Waals surface area contributed by atoms with Crippen LogP contribution in [-0.2, 0) is 38.3 Å². The normalized spacial score (nSPS) is 17.8. The molecular formula is C39H73N9O8. The zero-order valence-corrected chi connectivity index (χ0v) is 35.6. The number of hydrogen-bond donors (Lipinski definition) is 8. The van der Waals surface area contributed by atoms with Crippen molar-refractivity contribution in [1.29, 1.82) is 0 Å². The van der Waals surface area contributed by atoms with Crippen LogP contribution >= 0.6 is 0 Å². The number of ether oxygens (including phenoxy) is 1. The molecule has 17 heteroatoms. The Kier molecular flexibility index (Phi) is 24.1. The van der Waals surface area contributed by atoms with Gasteiger partial charge in [-0.25, -0.2) is 4.79 Å². The van der Waals surface area contributed by atoms with Crippen molar-refractivity contribution in [2.24, 2.45) is 17.8 Å². The number of hydrogen-bond acceptors (Lipinski definition) is 11. The van der Waals surface area contributed by atoms with Crippen molar-refractivity contribution in [3.05, 3.63) is 0 Å². The molecule has 322 valence electrons. The summed E-state index contributed by atoms with van der Waals surface area (Å²) in [6.45, 7) is 21.1. The van der Waals surface area contributed by atoms with Crippen LogP contribution < -0.4 is 42.5 Å². The molecule has 0 radical (unpaired) electrons. The molecule has 0 aliphatic carbocycles. The van der Waals surface area contributed by atoms with E-state index in [1.807, 2.05) is 41.5 Å². The van der Waals surface area contributed by atoms with E-state index in [2.05, 4.69) is 52.2 Å². The molecule has 6 amide bonds. The van der Waals surface area contributed by atoms with Crippen LogP contribution in [0.2, 0.25) is 0 Å². The van der Waals surface area contributed by atoms with Gasteiger partial charge in [0.05, 0.1) is 13.7 Å². The topological polar surface area (TPSA) is 228 Å². The largest absolute Gasteiger partial charge is 0.467 e. The first kappa shape index (κ1) is 50.2. The maximum Gasteiger partial charge on any atom is 0.328 e. The van der Waals surface area contributed by atoms with Gasteiger partial charge < -0.3 is 47.3 Å². The SMILES string of the molecule is COC(=O)[C@H](C)NC(=O)[C@H](CC(C)C)NC(=O)[C@H](C)NC(=O)[C@H](CC(C)C)NC(=O)[C@H](C)NC(=O)[C@H](CC(C)C)NC(=O)CN1CCCNCCCNCCC1. The second kappa shape index (κ2) is 26.9. The molecule has 1 heterocycles. The fraction of sp³-hybridized carbons (Fsp3) is 0.821. The highest BCUT2D eigenvalue weighted by Crippen LogP contribution is 2.10. The van der Waals surface area contributed by atoms with Gasteiger partial charge >= 0.3 is 5.97 Å². The van der Waals surface area contributed by atoms with Crippen molar-refractivity contribution < 1.29 is 38.3 Å². The lowest BCUT2D eigenvalue weighted by molar-refractivity contribution is -0.145. The summed E-state index contributed by atoms with van der Waals surface area (Å²) >= 11 is 0. The third kappa shape index (κ3) is 20.9. The van der Waals surface area contributed by atoms with Gasteiger partial charge in [0.25, 0.3) is 0 Å². The van der Waals surface area contributed by atoms with Crippen molar-refractivity contribution in [1.82, 2.24) is 47.4 Å². The summed E-state index contributed by atoms with van der Waals surface area (Å²) in [5, 5.41) is 23.0. The van der Waals surface area contributed by atoms with Gasteiger partial charge in [-0.05, 0) is 116 Å². The minimum absolute atomic E-state index is 0.0166. The summed E-state index contributed by atoms with van der Waals surface area (Å²) in [4.78, 5) is 93.6. The fourth-order valence-corrected chi connectivity index (χ4v) is 6.17. The molecule has 0 saturated carbocycles. The maximum absolute atomic E-state index is 13.5. The Labute approximate surface area is 334 Å². The lowest BCUT2D eigenvalue weighted by Crippen LogP contribution is -2.59. The summed E-state index contributed by atoms with van der Waals surface area (Å²) in [5.74, 6) is -3.77. The third-order valence-corrected chi connectivity index (χ3v) is 9.19. The Bertz CT molecular complexity index is 1250. The molecule has 1 aliphatic rings. The molecule has 0 aromatic rings. The fourth-order valence-electron chi connectivity index (χ4n) is 6.17. The van der Waals surface area contributed by atoms with Crippen LogP contribution in [0.5, 0.6) is 0 Å². The molecule has 1 aliphatic heterocycles. The van der Waals surface area contributed by atoms with E-state index >= 15 is 0 Å². The van der Waals surface area contributed by atoms with Crippen molar-refractivity contribution in [2.45, 2.75) is 137 Å². The molecule has 0 aromatic carbocycles. The first-order valence-electron chi connectivity index (χ1n) is 20.4. The Morgan fingerprint density at radius 3 is 1.23 bits per heavy atom. The minimum Gasteiger partial charge on any atom is -0.467 e. The van der Waals surface area contributed by atoms with Crippen LogP contribution in [0.3, 0.4) is 0 Å². The molecule has 0 spiro atoms. The number of amides is 6. The lowest BCUT2D eigenvalue weighted by Gasteiger charge is -2.27. The standard InChI is InChI=1S/C39H73N9O8/c1-24(2)20-30(45-33(49)23-48-18-12-16-40-14-11-15-41-17-13-19-48)36(52)42-27(7)34(50)46-31(21-25(3)4)37(53)43-28(8)35(51)47-32(22-26(5)6)38(54)44-29(9)39(55)56-10/h24-32,40-41H,11-23H2,1-10H3,(H,42,52)(H,43,53)(H,44,54)(H,45,49)(H,46,50)(H,47,51)/t27-,28-,29-,30-,31-,32-/m0/s1. The average molecular weight is 796 g/mol. The van der Waals surface area contributed by atoms with E-state index in [4.69, 9.17) is 0 Å². The van der Waals surface area contributed by atoms with Crippen LogP contribution in [0.15, 0.2) is 0 Å². The summed E-state index contributed by atoms with van der Waals surface area (Å²) in [7, 11) is 1.21. The van der Waals surface area contributed by atoms with E-state index < -0.39 is 71.8 Å². The van der Waals surface area contributed by atoms with Crippen molar-refractivity contribution >= 4 is 41.4 Å². The first-order chi connectivity index (χ1) is 26.3. The lowest BCUT2D eigenvalue weighted by atomic mass is 10.0. The van der Waals surface area contributed by atoms with Gasteiger partial charge in [-0.2, -0.15) is 0 Å².